The number of rotatable bonds is 4. The first-order valence-corrected chi connectivity index (χ1v) is 10.2. The third-order valence-corrected chi connectivity index (χ3v) is 6.34. The number of anilines is 1. The predicted molar refractivity (Wildman–Crippen MR) is 117 cm³/mol. The maximum absolute atomic E-state index is 7.52. The minimum atomic E-state index is 0.612. The maximum atomic E-state index is 7.52. The van der Waals surface area contributed by atoms with E-state index in [-0.39, 0.29) is 0 Å². The number of benzene rings is 1. The van der Waals surface area contributed by atoms with E-state index in [1.165, 1.54) is 11.3 Å². The lowest BCUT2D eigenvalue weighted by molar-refractivity contribution is 0.312. The molecule has 0 atom stereocenters. The second kappa shape index (κ2) is 7.85. The molecule has 8 heteroatoms. The molecule has 1 fully saturated rings. The van der Waals surface area contributed by atoms with Gasteiger partial charge in [0, 0.05) is 43.2 Å². The third kappa shape index (κ3) is 3.59. The fourth-order valence-electron chi connectivity index (χ4n) is 3.53. The van der Waals surface area contributed by atoms with Crippen LogP contribution in [0.15, 0.2) is 18.2 Å². The quantitative estimate of drug-likeness (QED) is 0.608. The zero-order chi connectivity index (χ0) is 20.5. The van der Waals surface area contributed by atoms with E-state index >= 15 is 0 Å². The molecular formula is C21H23N5O2S. The van der Waals surface area contributed by atoms with Crippen molar-refractivity contribution in [3.8, 4) is 22.9 Å². The number of methoxy groups -OCH3 is 2. The second-order valence-electron chi connectivity index (χ2n) is 7.09. The summed E-state index contributed by atoms with van der Waals surface area (Å²) in [6.07, 6.45) is 0. The lowest BCUT2D eigenvalue weighted by atomic mass is 10.1. The van der Waals surface area contributed by atoms with Crippen LogP contribution in [0.4, 0.5) is 10.8 Å². The number of fused-ring (bicyclic) bond motifs is 1. The Morgan fingerprint density at radius 2 is 1.69 bits per heavy atom. The normalized spacial score (nSPS) is 14.8. The lowest BCUT2D eigenvalue weighted by Gasteiger charge is -2.33. The second-order valence-corrected chi connectivity index (χ2v) is 8.06. The molecule has 1 aliphatic rings. The molecule has 0 spiro atoms. The van der Waals surface area contributed by atoms with Gasteiger partial charge in [0.25, 0.3) is 0 Å². The molecule has 3 heterocycles. The molecule has 1 aromatic carbocycles. The van der Waals surface area contributed by atoms with E-state index in [1.807, 2.05) is 25.1 Å². The van der Waals surface area contributed by atoms with Crippen molar-refractivity contribution in [2.75, 3.05) is 52.3 Å². The highest BCUT2D eigenvalue weighted by Crippen LogP contribution is 2.42. The van der Waals surface area contributed by atoms with Crippen LogP contribution in [0.1, 0.15) is 5.56 Å². The van der Waals surface area contributed by atoms with Crippen molar-refractivity contribution in [2.24, 2.45) is 0 Å². The van der Waals surface area contributed by atoms with Crippen molar-refractivity contribution in [2.45, 2.75) is 6.92 Å². The Kier molecular flexibility index (Phi) is 5.26. The number of hydrogen-bond donors (Lipinski definition) is 0. The van der Waals surface area contributed by atoms with Crippen LogP contribution >= 0.6 is 11.3 Å². The summed E-state index contributed by atoms with van der Waals surface area (Å²) < 4.78 is 10.8. The molecule has 3 aromatic rings. The summed E-state index contributed by atoms with van der Waals surface area (Å²) in [4.78, 5) is 18.9. The third-order valence-electron chi connectivity index (χ3n) is 5.26. The summed E-state index contributed by atoms with van der Waals surface area (Å²) in [6, 6.07) is 5.65. The molecule has 0 bridgehead atoms. The molecule has 0 radical (unpaired) electrons. The van der Waals surface area contributed by atoms with Gasteiger partial charge in [-0.3, -0.25) is 0 Å². The maximum Gasteiger partial charge on any atom is 0.246 e. The van der Waals surface area contributed by atoms with Crippen molar-refractivity contribution < 1.29 is 9.47 Å². The Balaban J connectivity index is 1.91. The number of nitrogens with zero attached hydrogens (tertiary/aromatic N) is 5. The van der Waals surface area contributed by atoms with Crippen LogP contribution in [0.25, 0.3) is 26.4 Å². The smallest absolute Gasteiger partial charge is 0.246 e. The molecule has 7 nitrogen and oxygen atoms in total. The summed E-state index contributed by atoms with van der Waals surface area (Å²) in [7, 11) is 5.39. The van der Waals surface area contributed by atoms with Gasteiger partial charge in [0.2, 0.25) is 5.00 Å². The first-order valence-electron chi connectivity index (χ1n) is 9.39. The van der Waals surface area contributed by atoms with E-state index in [2.05, 4.69) is 21.7 Å². The van der Waals surface area contributed by atoms with Crippen LogP contribution in [-0.2, 0) is 0 Å². The van der Waals surface area contributed by atoms with Gasteiger partial charge in [-0.05, 0) is 31.7 Å². The summed E-state index contributed by atoms with van der Waals surface area (Å²) >= 11 is 1.43. The van der Waals surface area contributed by atoms with Gasteiger partial charge in [-0.15, -0.1) is 11.3 Å². The molecule has 0 amide bonds. The highest BCUT2D eigenvalue weighted by molar-refractivity contribution is 7.22. The molecule has 2 aromatic heterocycles. The van der Waals surface area contributed by atoms with Gasteiger partial charge >= 0.3 is 0 Å². The average Bonchev–Trinajstić information content (AvgIpc) is 3.09. The van der Waals surface area contributed by atoms with Crippen LogP contribution in [-0.4, -0.2) is 62.3 Å². The first-order chi connectivity index (χ1) is 14.0. The Bertz CT molecular complexity index is 1070. The number of ether oxygens (including phenoxy) is 2. The molecular weight excluding hydrogens is 386 g/mol. The topological polar surface area (TPSA) is 55.1 Å². The van der Waals surface area contributed by atoms with Gasteiger partial charge in [0.05, 0.1) is 20.8 Å². The minimum absolute atomic E-state index is 0.612. The van der Waals surface area contributed by atoms with Gasteiger partial charge < -0.3 is 19.3 Å². The zero-order valence-corrected chi connectivity index (χ0v) is 17.8. The summed E-state index contributed by atoms with van der Waals surface area (Å²) in [5.41, 5.74) is 1.79. The largest absolute Gasteiger partial charge is 0.497 e. The predicted octanol–water partition coefficient (Wildman–Crippen LogP) is 3.99. The molecule has 0 saturated carbocycles. The van der Waals surface area contributed by atoms with Gasteiger partial charge in [-0.25, -0.2) is 14.8 Å². The van der Waals surface area contributed by atoms with Crippen LogP contribution in [0, 0.1) is 13.5 Å². The van der Waals surface area contributed by atoms with Crippen molar-refractivity contribution in [1.29, 1.82) is 0 Å². The monoisotopic (exact) mass is 409 g/mol. The molecule has 4 rings (SSSR count). The van der Waals surface area contributed by atoms with Gasteiger partial charge in [0.15, 0.2) is 5.82 Å². The van der Waals surface area contributed by atoms with Crippen molar-refractivity contribution in [3.63, 3.8) is 0 Å². The van der Waals surface area contributed by atoms with E-state index in [0.717, 1.165) is 53.3 Å². The van der Waals surface area contributed by atoms with Crippen LogP contribution in [0.5, 0.6) is 11.5 Å². The highest BCUT2D eigenvalue weighted by Gasteiger charge is 2.23. The summed E-state index contributed by atoms with van der Waals surface area (Å²) in [5.74, 6) is 2.90. The Morgan fingerprint density at radius 3 is 2.28 bits per heavy atom. The number of piperazine rings is 1. The standard InChI is InChI=1S/C21H23N5O2S/c1-13-17-19(26-8-6-25(3)7-9-26)23-18(24-21(17)29-20(13)22-2)14-10-15(27-4)12-16(11-14)28-5/h10-12H,6-9H2,1,3-5H3. The van der Waals surface area contributed by atoms with Gasteiger partial charge in [-0.1, -0.05) is 0 Å². The van der Waals surface area contributed by atoms with Gasteiger partial charge in [-0.2, -0.15) is 0 Å². The minimum Gasteiger partial charge on any atom is -0.497 e. The molecule has 0 N–H and O–H groups in total. The van der Waals surface area contributed by atoms with E-state index in [4.69, 9.17) is 26.0 Å². The molecule has 29 heavy (non-hydrogen) atoms. The highest BCUT2D eigenvalue weighted by atomic mass is 32.1. The number of hydrogen-bond acceptors (Lipinski definition) is 7. The molecule has 1 saturated heterocycles. The van der Waals surface area contributed by atoms with E-state index in [0.29, 0.717) is 22.3 Å². The summed E-state index contributed by atoms with van der Waals surface area (Å²) in [6.45, 7) is 13.3. The van der Waals surface area contributed by atoms with Crippen LogP contribution in [0.2, 0.25) is 0 Å². The number of aromatic nitrogens is 2. The van der Waals surface area contributed by atoms with Crippen LogP contribution in [0.3, 0.4) is 0 Å². The SMILES string of the molecule is [C-]#[N+]c1sc2nc(-c3cc(OC)cc(OC)c3)nc(N3CCN(C)CC3)c2c1C. The Hall–Kier alpha value is -2.89. The van der Waals surface area contributed by atoms with Crippen molar-refractivity contribution >= 4 is 32.4 Å². The van der Waals surface area contributed by atoms with Crippen LogP contribution < -0.4 is 14.4 Å². The molecule has 0 aliphatic carbocycles. The number of thiophene rings is 1. The molecule has 0 unspecified atom stereocenters. The number of aryl methyl sites for hydroxylation is 1. The number of likely N-dealkylation sites (N-methyl/N-ethyl adjacent to an activating group) is 1. The Labute approximate surface area is 174 Å². The lowest BCUT2D eigenvalue weighted by Crippen LogP contribution is -2.45. The van der Waals surface area contributed by atoms with Crippen molar-refractivity contribution in [1.82, 2.24) is 14.9 Å². The van der Waals surface area contributed by atoms with E-state index in [1.54, 1.807) is 14.2 Å². The van der Waals surface area contributed by atoms with Crippen molar-refractivity contribution in [3.05, 3.63) is 35.2 Å². The fourth-order valence-corrected chi connectivity index (χ4v) is 4.49. The molecule has 1 aliphatic heterocycles. The average molecular weight is 410 g/mol. The zero-order valence-electron chi connectivity index (χ0n) is 17.0. The fraction of sp³-hybridized carbons (Fsp3) is 0.381. The molecule has 150 valence electrons. The summed E-state index contributed by atoms with van der Waals surface area (Å²) in [5, 5.41) is 1.66. The van der Waals surface area contributed by atoms with Gasteiger partial charge in [0.1, 0.15) is 22.1 Å². The van der Waals surface area contributed by atoms with E-state index < -0.39 is 0 Å². The Morgan fingerprint density at radius 1 is 1.03 bits per heavy atom. The van der Waals surface area contributed by atoms with E-state index in [9.17, 15) is 0 Å². The first kappa shape index (κ1) is 19.4.